The predicted molar refractivity (Wildman–Crippen MR) is 78.9 cm³/mol. The van der Waals surface area contributed by atoms with Gasteiger partial charge in [-0.15, -0.1) is 6.58 Å². The normalized spacial score (nSPS) is 10.6. The van der Waals surface area contributed by atoms with Crippen LogP contribution in [-0.2, 0) is 6.42 Å². The van der Waals surface area contributed by atoms with Crippen LogP contribution in [0.3, 0.4) is 0 Å². The van der Waals surface area contributed by atoms with Gasteiger partial charge in [0, 0.05) is 5.56 Å². The molecule has 0 atom stereocenters. The highest BCUT2D eigenvalue weighted by molar-refractivity contribution is 7.80. The zero-order chi connectivity index (χ0) is 14.4. The van der Waals surface area contributed by atoms with Crippen LogP contribution < -0.4 is 10.5 Å². The van der Waals surface area contributed by atoms with Gasteiger partial charge in [0.05, 0.1) is 12.7 Å². The molecule has 5 heteroatoms. The molecule has 0 bridgehead atoms. The molecule has 0 unspecified atom stereocenters. The van der Waals surface area contributed by atoms with Crippen LogP contribution in [0.25, 0.3) is 6.08 Å². The second-order valence-electron chi connectivity index (χ2n) is 3.76. The SMILES string of the molecule is C=CCc1cc(/C=C(\C#N)C(N)=S)cc(OC)c1O. The number of thiocarbonyl (C=S) groups is 1. The lowest BCUT2D eigenvalue weighted by molar-refractivity contribution is 0.371. The van der Waals surface area contributed by atoms with Gasteiger partial charge < -0.3 is 15.6 Å². The van der Waals surface area contributed by atoms with E-state index in [2.05, 4.69) is 6.58 Å². The van der Waals surface area contributed by atoms with E-state index >= 15 is 0 Å². The van der Waals surface area contributed by atoms with Crippen molar-refractivity contribution in [3.63, 3.8) is 0 Å². The Balaban J connectivity index is 3.37. The monoisotopic (exact) mass is 274 g/mol. The molecule has 0 saturated heterocycles. The van der Waals surface area contributed by atoms with Crippen LogP contribution in [0, 0.1) is 11.3 Å². The van der Waals surface area contributed by atoms with Crippen LogP contribution >= 0.6 is 12.2 Å². The van der Waals surface area contributed by atoms with E-state index in [4.69, 9.17) is 28.0 Å². The average molecular weight is 274 g/mol. The molecule has 19 heavy (non-hydrogen) atoms. The topological polar surface area (TPSA) is 79.3 Å². The van der Waals surface area contributed by atoms with E-state index in [-0.39, 0.29) is 16.3 Å². The molecule has 0 aliphatic heterocycles. The quantitative estimate of drug-likeness (QED) is 0.373. The summed E-state index contributed by atoms with van der Waals surface area (Å²) >= 11 is 4.78. The van der Waals surface area contributed by atoms with E-state index in [1.807, 2.05) is 6.07 Å². The average Bonchev–Trinajstić information content (AvgIpc) is 2.39. The minimum absolute atomic E-state index is 0.0276. The Morgan fingerprint density at radius 3 is 2.79 bits per heavy atom. The van der Waals surface area contributed by atoms with E-state index in [1.54, 1.807) is 24.3 Å². The summed E-state index contributed by atoms with van der Waals surface area (Å²) in [7, 11) is 1.46. The smallest absolute Gasteiger partial charge is 0.161 e. The summed E-state index contributed by atoms with van der Waals surface area (Å²) in [6, 6.07) is 5.26. The molecular weight excluding hydrogens is 260 g/mol. The van der Waals surface area contributed by atoms with Gasteiger partial charge in [0.25, 0.3) is 0 Å². The Bertz CT molecular complexity index is 586. The van der Waals surface area contributed by atoms with Gasteiger partial charge in [0.1, 0.15) is 11.1 Å². The van der Waals surface area contributed by atoms with Crippen LogP contribution in [0.2, 0.25) is 0 Å². The highest BCUT2D eigenvalue weighted by Gasteiger charge is 2.10. The zero-order valence-electron chi connectivity index (χ0n) is 10.5. The maximum absolute atomic E-state index is 9.94. The third kappa shape index (κ3) is 3.57. The number of hydrogen-bond donors (Lipinski definition) is 2. The lowest BCUT2D eigenvalue weighted by atomic mass is 10.0. The summed E-state index contributed by atoms with van der Waals surface area (Å²) in [6.45, 7) is 3.63. The van der Waals surface area contributed by atoms with Gasteiger partial charge in [-0.3, -0.25) is 0 Å². The fraction of sp³-hybridized carbons (Fsp3) is 0.143. The number of nitrogens with two attached hydrogens (primary N) is 1. The van der Waals surface area contributed by atoms with Gasteiger partial charge in [-0.1, -0.05) is 18.3 Å². The van der Waals surface area contributed by atoms with E-state index in [0.717, 1.165) is 0 Å². The number of methoxy groups -OCH3 is 1. The fourth-order valence-corrected chi connectivity index (χ4v) is 1.67. The van der Waals surface area contributed by atoms with Gasteiger partial charge in [-0.05, 0) is 30.2 Å². The third-order valence-corrected chi connectivity index (χ3v) is 2.68. The molecule has 0 amide bonds. The van der Waals surface area contributed by atoms with Crippen molar-refractivity contribution in [3.05, 3.63) is 41.5 Å². The number of hydrogen-bond acceptors (Lipinski definition) is 4. The summed E-state index contributed by atoms with van der Waals surface area (Å²) in [5.74, 6) is 0.388. The molecule has 0 aromatic heterocycles. The summed E-state index contributed by atoms with van der Waals surface area (Å²) in [4.78, 5) is 0.0276. The van der Waals surface area contributed by atoms with Gasteiger partial charge in [0.2, 0.25) is 0 Å². The van der Waals surface area contributed by atoms with Crippen LogP contribution in [-0.4, -0.2) is 17.2 Å². The maximum atomic E-state index is 9.94. The molecule has 3 N–H and O–H groups in total. The second-order valence-corrected chi connectivity index (χ2v) is 4.20. The van der Waals surface area contributed by atoms with Crippen LogP contribution in [0.4, 0.5) is 0 Å². The molecule has 4 nitrogen and oxygen atoms in total. The number of phenolic OH excluding ortho intramolecular Hbond substituents is 1. The molecule has 98 valence electrons. The lowest BCUT2D eigenvalue weighted by Gasteiger charge is -2.09. The number of rotatable bonds is 5. The standard InChI is InChI=1S/C14H14N2O2S/c1-3-4-10-5-9(6-11(8-15)14(16)19)7-12(18-2)13(10)17/h3,5-7,17H,1,4H2,2H3,(H2,16,19)/b11-6+. The van der Waals surface area contributed by atoms with Crippen molar-refractivity contribution in [3.8, 4) is 17.6 Å². The lowest BCUT2D eigenvalue weighted by Crippen LogP contribution is -2.09. The van der Waals surface area contributed by atoms with Crippen molar-refractivity contribution in [2.45, 2.75) is 6.42 Å². The molecule has 0 spiro atoms. The largest absolute Gasteiger partial charge is 0.504 e. The molecule has 0 aliphatic rings. The van der Waals surface area contributed by atoms with Crippen LogP contribution in [0.1, 0.15) is 11.1 Å². The summed E-state index contributed by atoms with van der Waals surface area (Å²) in [5.41, 5.74) is 6.97. The van der Waals surface area contributed by atoms with Crippen molar-refractivity contribution in [2.75, 3.05) is 7.11 Å². The minimum Gasteiger partial charge on any atom is -0.504 e. The van der Waals surface area contributed by atoms with E-state index in [0.29, 0.717) is 23.3 Å². The van der Waals surface area contributed by atoms with Crippen molar-refractivity contribution in [1.29, 1.82) is 5.26 Å². The van der Waals surface area contributed by atoms with Crippen molar-refractivity contribution in [1.82, 2.24) is 0 Å². The highest BCUT2D eigenvalue weighted by atomic mass is 32.1. The van der Waals surface area contributed by atoms with E-state index < -0.39 is 0 Å². The number of nitrogens with zero attached hydrogens (tertiary/aromatic N) is 1. The molecule has 0 aliphatic carbocycles. The Morgan fingerprint density at radius 2 is 2.32 bits per heavy atom. The first-order valence-electron chi connectivity index (χ1n) is 5.45. The molecule has 1 rings (SSSR count). The van der Waals surface area contributed by atoms with Crippen molar-refractivity contribution >= 4 is 23.3 Å². The van der Waals surface area contributed by atoms with Gasteiger partial charge >= 0.3 is 0 Å². The molecule has 0 saturated carbocycles. The predicted octanol–water partition coefficient (Wildman–Crippen LogP) is 2.32. The number of aromatic hydroxyl groups is 1. The van der Waals surface area contributed by atoms with Crippen LogP contribution in [0.5, 0.6) is 11.5 Å². The maximum Gasteiger partial charge on any atom is 0.161 e. The number of phenols is 1. The second kappa shape index (κ2) is 6.57. The molecule has 0 radical (unpaired) electrons. The first-order chi connectivity index (χ1) is 9.03. The Kier molecular flexibility index (Phi) is 5.10. The van der Waals surface area contributed by atoms with E-state index in [1.165, 1.54) is 7.11 Å². The zero-order valence-corrected chi connectivity index (χ0v) is 11.3. The van der Waals surface area contributed by atoms with Gasteiger partial charge in [-0.2, -0.15) is 5.26 Å². The minimum atomic E-state index is 0.0276. The van der Waals surface area contributed by atoms with Crippen molar-refractivity contribution < 1.29 is 9.84 Å². The van der Waals surface area contributed by atoms with Crippen molar-refractivity contribution in [2.24, 2.45) is 5.73 Å². The van der Waals surface area contributed by atoms with Crippen LogP contribution in [0.15, 0.2) is 30.4 Å². The Morgan fingerprint density at radius 1 is 1.63 bits per heavy atom. The molecular formula is C14H14N2O2S. The first-order valence-corrected chi connectivity index (χ1v) is 5.86. The van der Waals surface area contributed by atoms with E-state index in [9.17, 15) is 5.11 Å². The number of benzene rings is 1. The van der Waals surface area contributed by atoms with Gasteiger partial charge in [0.15, 0.2) is 11.5 Å². The summed E-state index contributed by atoms with van der Waals surface area (Å²) < 4.78 is 5.09. The molecule has 1 aromatic rings. The Hall–Kier alpha value is -2.32. The molecule has 1 aromatic carbocycles. The number of nitriles is 1. The highest BCUT2D eigenvalue weighted by Crippen LogP contribution is 2.32. The first kappa shape index (κ1) is 14.7. The third-order valence-electron chi connectivity index (χ3n) is 2.46. The fourth-order valence-electron chi connectivity index (χ4n) is 1.56. The molecule has 0 heterocycles. The Labute approximate surface area is 117 Å². The summed E-state index contributed by atoms with van der Waals surface area (Å²) in [5, 5.41) is 18.9. The number of allylic oxidation sites excluding steroid dienone is 1. The molecule has 0 fully saturated rings. The van der Waals surface area contributed by atoms with Gasteiger partial charge in [-0.25, -0.2) is 0 Å². The summed E-state index contributed by atoms with van der Waals surface area (Å²) in [6.07, 6.45) is 3.70. The number of ether oxygens (including phenoxy) is 1.